The number of tetrazole rings is 1. The van der Waals surface area contributed by atoms with Gasteiger partial charge >= 0.3 is 0 Å². The Balaban J connectivity index is 2.28. The first-order valence-corrected chi connectivity index (χ1v) is 6.42. The summed E-state index contributed by atoms with van der Waals surface area (Å²) in [5.41, 5.74) is 2.19. The Morgan fingerprint density at radius 2 is 2.16 bits per heavy atom. The molecule has 0 fully saturated rings. The van der Waals surface area contributed by atoms with Crippen molar-refractivity contribution in [3.05, 3.63) is 35.7 Å². The molecular weight excluding hydrogens is 242 g/mol. The highest BCUT2D eigenvalue weighted by Gasteiger charge is 2.11. The first kappa shape index (κ1) is 13.6. The minimum absolute atomic E-state index is 0.655. The van der Waals surface area contributed by atoms with Gasteiger partial charge in [-0.2, -0.15) is 4.68 Å². The second-order valence-corrected chi connectivity index (χ2v) is 4.16. The van der Waals surface area contributed by atoms with Crippen molar-refractivity contribution in [2.24, 2.45) is 0 Å². The van der Waals surface area contributed by atoms with E-state index in [1.807, 2.05) is 18.2 Å². The van der Waals surface area contributed by atoms with Gasteiger partial charge in [0.1, 0.15) is 0 Å². The summed E-state index contributed by atoms with van der Waals surface area (Å²) in [6.45, 7) is 4.28. The van der Waals surface area contributed by atoms with Gasteiger partial charge in [-0.1, -0.05) is 25.1 Å². The molecular formula is C13H19N5O. The van der Waals surface area contributed by atoms with Crippen molar-refractivity contribution >= 4 is 0 Å². The number of methoxy groups -OCH3 is 1. The predicted octanol–water partition coefficient (Wildman–Crippen LogP) is 0.961. The van der Waals surface area contributed by atoms with Crippen LogP contribution in [0.5, 0.6) is 0 Å². The molecule has 0 spiro atoms. The lowest BCUT2D eigenvalue weighted by Gasteiger charge is -2.10. The van der Waals surface area contributed by atoms with E-state index in [1.165, 1.54) is 5.56 Å². The molecule has 1 aromatic heterocycles. The van der Waals surface area contributed by atoms with E-state index in [2.05, 4.69) is 33.8 Å². The number of benzene rings is 1. The number of nitrogens with one attached hydrogen (secondary N) is 1. The van der Waals surface area contributed by atoms with Crippen molar-refractivity contribution in [1.29, 1.82) is 0 Å². The molecule has 0 atom stereocenters. The molecule has 0 saturated carbocycles. The predicted molar refractivity (Wildman–Crippen MR) is 72.1 cm³/mol. The Bertz CT molecular complexity index is 511. The van der Waals surface area contributed by atoms with Crippen LogP contribution >= 0.6 is 0 Å². The number of aromatic nitrogens is 4. The highest BCUT2D eigenvalue weighted by molar-refractivity contribution is 5.40. The Hall–Kier alpha value is -1.79. The number of rotatable bonds is 7. The van der Waals surface area contributed by atoms with E-state index in [4.69, 9.17) is 4.74 Å². The molecule has 6 heteroatoms. The van der Waals surface area contributed by atoms with E-state index in [-0.39, 0.29) is 0 Å². The first-order chi connectivity index (χ1) is 9.36. The Morgan fingerprint density at radius 3 is 2.95 bits per heavy atom. The van der Waals surface area contributed by atoms with Crippen molar-refractivity contribution in [3.8, 4) is 5.69 Å². The number of hydrogen-bond acceptors (Lipinski definition) is 5. The third-order valence-corrected chi connectivity index (χ3v) is 2.86. The molecule has 0 unspecified atom stereocenters. The molecule has 19 heavy (non-hydrogen) atoms. The third-order valence-electron chi connectivity index (χ3n) is 2.86. The molecule has 1 N–H and O–H groups in total. The number of para-hydroxylation sites is 1. The van der Waals surface area contributed by atoms with Crippen LogP contribution in [0.2, 0.25) is 0 Å². The number of nitrogens with zero attached hydrogens (tertiary/aromatic N) is 4. The molecule has 102 valence electrons. The molecule has 1 aromatic carbocycles. The van der Waals surface area contributed by atoms with Crippen molar-refractivity contribution in [3.63, 3.8) is 0 Å². The van der Waals surface area contributed by atoms with Gasteiger partial charge in [-0.05, 0) is 35.0 Å². The van der Waals surface area contributed by atoms with Gasteiger partial charge in [0.15, 0.2) is 5.82 Å². The Labute approximate surface area is 112 Å². The smallest absolute Gasteiger partial charge is 0.170 e. The summed E-state index contributed by atoms with van der Waals surface area (Å²) in [5, 5.41) is 15.1. The molecule has 2 aromatic rings. The Morgan fingerprint density at radius 1 is 1.32 bits per heavy atom. The summed E-state index contributed by atoms with van der Waals surface area (Å²) in [5.74, 6) is 0.812. The fourth-order valence-electron chi connectivity index (χ4n) is 1.88. The summed E-state index contributed by atoms with van der Waals surface area (Å²) in [4.78, 5) is 0. The van der Waals surface area contributed by atoms with Gasteiger partial charge < -0.3 is 10.1 Å². The van der Waals surface area contributed by atoms with Crippen LogP contribution in [-0.4, -0.2) is 40.5 Å². The lowest BCUT2D eigenvalue weighted by atomic mass is 10.1. The van der Waals surface area contributed by atoms with E-state index < -0.39 is 0 Å². The number of ether oxygens (including phenoxy) is 1. The van der Waals surface area contributed by atoms with Crippen molar-refractivity contribution in [2.45, 2.75) is 19.9 Å². The second-order valence-electron chi connectivity index (χ2n) is 4.16. The summed E-state index contributed by atoms with van der Waals surface area (Å²) < 4.78 is 6.93. The van der Waals surface area contributed by atoms with Crippen LogP contribution in [0.15, 0.2) is 24.3 Å². The summed E-state index contributed by atoms with van der Waals surface area (Å²) >= 11 is 0. The normalized spacial score (nSPS) is 10.8. The van der Waals surface area contributed by atoms with Crippen LogP contribution in [0.4, 0.5) is 0 Å². The average Bonchev–Trinajstić information content (AvgIpc) is 2.91. The van der Waals surface area contributed by atoms with Gasteiger partial charge in [-0.25, -0.2) is 0 Å². The van der Waals surface area contributed by atoms with Crippen molar-refractivity contribution < 1.29 is 4.74 Å². The molecule has 0 bridgehead atoms. The molecule has 0 saturated heterocycles. The van der Waals surface area contributed by atoms with Crippen LogP contribution in [0, 0.1) is 0 Å². The van der Waals surface area contributed by atoms with E-state index in [1.54, 1.807) is 11.8 Å². The highest BCUT2D eigenvalue weighted by atomic mass is 16.5. The molecule has 0 radical (unpaired) electrons. The maximum Gasteiger partial charge on any atom is 0.170 e. The molecule has 1 heterocycles. The van der Waals surface area contributed by atoms with Gasteiger partial charge in [0.05, 0.1) is 18.8 Å². The van der Waals surface area contributed by atoms with E-state index >= 15 is 0 Å². The molecule has 0 amide bonds. The van der Waals surface area contributed by atoms with Gasteiger partial charge in [0, 0.05) is 7.11 Å². The van der Waals surface area contributed by atoms with Crippen LogP contribution < -0.4 is 5.32 Å². The maximum absolute atomic E-state index is 5.14. The topological polar surface area (TPSA) is 64.9 Å². The zero-order valence-electron chi connectivity index (χ0n) is 11.3. The molecule has 2 rings (SSSR count). The van der Waals surface area contributed by atoms with Crippen LogP contribution in [0.3, 0.4) is 0 Å². The van der Waals surface area contributed by atoms with Crippen LogP contribution in [0.25, 0.3) is 5.69 Å². The third kappa shape index (κ3) is 3.36. The van der Waals surface area contributed by atoms with Gasteiger partial charge in [-0.3, -0.25) is 0 Å². The molecule has 6 nitrogen and oxygen atoms in total. The zero-order valence-corrected chi connectivity index (χ0v) is 11.3. The minimum atomic E-state index is 0.655. The van der Waals surface area contributed by atoms with E-state index in [0.717, 1.165) is 24.5 Å². The van der Waals surface area contributed by atoms with Crippen LogP contribution in [0.1, 0.15) is 18.3 Å². The SMILES string of the molecule is CCNCc1nnnn1-c1ccccc1CCOC. The molecule has 0 aliphatic heterocycles. The fraction of sp³-hybridized carbons (Fsp3) is 0.462. The Kier molecular flexibility index (Phi) is 5.00. The largest absolute Gasteiger partial charge is 0.384 e. The molecule has 0 aliphatic rings. The summed E-state index contributed by atoms with van der Waals surface area (Å²) in [7, 11) is 1.70. The van der Waals surface area contributed by atoms with Gasteiger partial charge in [-0.15, -0.1) is 5.10 Å². The fourth-order valence-corrected chi connectivity index (χ4v) is 1.88. The van der Waals surface area contributed by atoms with E-state index in [0.29, 0.717) is 13.2 Å². The summed E-state index contributed by atoms with van der Waals surface area (Å²) in [6.07, 6.45) is 0.840. The molecule has 0 aliphatic carbocycles. The quantitative estimate of drug-likeness (QED) is 0.804. The lowest BCUT2D eigenvalue weighted by Crippen LogP contribution is -2.17. The highest BCUT2D eigenvalue weighted by Crippen LogP contribution is 2.15. The van der Waals surface area contributed by atoms with Crippen molar-refractivity contribution in [2.75, 3.05) is 20.3 Å². The monoisotopic (exact) mass is 261 g/mol. The van der Waals surface area contributed by atoms with Crippen LogP contribution in [-0.2, 0) is 17.7 Å². The van der Waals surface area contributed by atoms with Gasteiger partial charge in [0.25, 0.3) is 0 Å². The summed E-state index contributed by atoms with van der Waals surface area (Å²) in [6, 6.07) is 8.11. The average molecular weight is 261 g/mol. The zero-order chi connectivity index (χ0) is 13.5. The first-order valence-electron chi connectivity index (χ1n) is 6.42. The minimum Gasteiger partial charge on any atom is -0.384 e. The maximum atomic E-state index is 5.14. The number of hydrogen-bond donors (Lipinski definition) is 1. The van der Waals surface area contributed by atoms with E-state index in [9.17, 15) is 0 Å². The second kappa shape index (κ2) is 6.96. The van der Waals surface area contributed by atoms with Crippen molar-refractivity contribution in [1.82, 2.24) is 25.5 Å². The van der Waals surface area contributed by atoms with Gasteiger partial charge in [0.2, 0.25) is 0 Å². The standard InChI is InChI=1S/C13H19N5O/c1-3-14-10-13-15-16-17-18(13)12-7-5-4-6-11(12)8-9-19-2/h4-7,14H,3,8-10H2,1-2H3. The lowest BCUT2D eigenvalue weighted by molar-refractivity contribution is 0.202.